The van der Waals surface area contributed by atoms with E-state index in [1.807, 2.05) is 19.1 Å². The van der Waals surface area contributed by atoms with Gasteiger partial charge in [-0.1, -0.05) is 13.0 Å². The van der Waals surface area contributed by atoms with Gasteiger partial charge in [0.2, 0.25) is 0 Å². The van der Waals surface area contributed by atoms with Crippen molar-refractivity contribution in [3.63, 3.8) is 0 Å². The summed E-state index contributed by atoms with van der Waals surface area (Å²) in [4.78, 5) is 6.76. The van der Waals surface area contributed by atoms with Crippen molar-refractivity contribution in [1.82, 2.24) is 4.98 Å². The Hall–Kier alpha value is -1.09. The van der Waals surface area contributed by atoms with Crippen LogP contribution in [0.1, 0.15) is 44.3 Å². The molecule has 0 bridgehead atoms. The van der Waals surface area contributed by atoms with Crippen LogP contribution in [0.15, 0.2) is 18.3 Å². The van der Waals surface area contributed by atoms with Crippen LogP contribution >= 0.6 is 0 Å². The third-order valence-electron chi connectivity index (χ3n) is 3.22. The van der Waals surface area contributed by atoms with E-state index in [9.17, 15) is 5.11 Å². The summed E-state index contributed by atoms with van der Waals surface area (Å²) in [6, 6.07) is 4.02. The third kappa shape index (κ3) is 2.53. The number of nitrogens with zero attached hydrogens (tertiary/aromatic N) is 2. The van der Waals surface area contributed by atoms with Crippen LogP contribution in [0, 0.1) is 0 Å². The summed E-state index contributed by atoms with van der Waals surface area (Å²) in [5, 5.41) is 9.68. The molecule has 0 spiro atoms. The van der Waals surface area contributed by atoms with E-state index in [2.05, 4.69) is 9.88 Å². The molecule has 2 heterocycles. The lowest BCUT2D eigenvalue weighted by Crippen LogP contribution is -2.30. The number of aromatic nitrogens is 1. The third-order valence-corrected chi connectivity index (χ3v) is 3.22. The van der Waals surface area contributed by atoms with E-state index >= 15 is 0 Å². The Morgan fingerprint density at radius 3 is 2.62 bits per heavy atom. The van der Waals surface area contributed by atoms with Crippen molar-refractivity contribution in [2.45, 2.75) is 38.7 Å². The smallest absolute Gasteiger partial charge is 0.128 e. The number of aliphatic hydroxyl groups is 1. The van der Waals surface area contributed by atoms with Gasteiger partial charge in [0.15, 0.2) is 0 Å². The van der Waals surface area contributed by atoms with Gasteiger partial charge in [-0.3, -0.25) is 0 Å². The summed E-state index contributed by atoms with van der Waals surface area (Å²) in [5.74, 6) is 1.05. The van der Waals surface area contributed by atoms with Gasteiger partial charge < -0.3 is 10.0 Å². The van der Waals surface area contributed by atoms with Crippen molar-refractivity contribution >= 4 is 5.82 Å². The molecule has 1 aromatic heterocycles. The Balaban J connectivity index is 2.06. The van der Waals surface area contributed by atoms with Gasteiger partial charge >= 0.3 is 0 Å². The van der Waals surface area contributed by atoms with Gasteiger partial charge in [-0.2, -0.15) is 0 Å². The molecule has 1 aliphatic heterocycles. The highest BCUT2D eigenvalue weighted by molar-refractivity contribution is 5.39. The molecule has 1 N–H and O–H groups in total. The average Bonchev–Trinajstić information content (AvgIpc) is 2.39. The fraction of sp³-hybridized carbons (Fsp3) is 0.615. The quantitative estimate of drug-likeness (QED) is 0.850. The summed E-state index contributed by atoms with van der Waals surface area (Å²) in [5.41, 5.74) is 0.920. The topological polar surface area (TPSA) is 36.4 Å². The number of hydrogen-bond acceptors (Lipinski definition) is 3. The summed E-state index contributed by atoms with van der Waals surface area (Å²) < 4.78 is 0. The molecular weight excluding hydrogens is 200 g/mol. The normalized spacial score (nSPS) is 18.5. The molecule has 0 aromatic carbocycles. The second-order valence-corrected chi connectivity index (χ2v) is 4.42. The molecule has 1 aliphatic rings. The molecular formula is C13H20N2O. The van der Waals surface area contributed by atoms with Gasteiger partial charge in [-0.15, -0.1) is 0 Å². The Morgan fingerprint density at radius 1 is 1.31 bits per heavy atom. The summed E-state index contributed by atoms with van der Waals surface area (Å²) in [6.07, 6.45) is 6.04. The standard InChI is InChI=1S/C13H20N2O/c1-2-12(16)11-6-7-13(14-10-11)15-8-4-3-5-9-15/h6-7,10,12,16H,2-5,8-9H2,1H3/t12-/m1/s1. The Morgan fingerprint density at radius 2 is 2.06 bits per heavy atom. The maximum atomic E-state index is 9.68. The minimum atomic E-state index is -0.372. The van der Waals surface area contributed by atoms with E-state index < -0.39 is 0 Å². The van der Waals surface area contributed by atoms with Crippen LogP contribution in [0.25, 0.3) is 0 Å². The second kappa shape index (κ2) is 5.30. The molecule has 0 radical (unpaired) electrons. The molecule has 0 aliphatic carbocycles. The van der Waals surface area contributed by atoms with Gasteiger partial charge in [0.05, 0.1) is 6.10 Å². The fourth-order valence-corrected chi connectivity index (χ4v) is 2.14. The zero-order valence-electron chi connectivity index (χ0n) is 9.89. The average molecular weight is 220 g/mol. The van der Waals surface area contributed by atoms with Crippen LogP contribution in [0.3, 0.4) is 0 Å². The summed E-state index contributed by atoms with van der Waals surface area (Å²) >= 11 is 0. The lowest BCUT2D eigenvalue weighted by atomic mass is 10.1. The Kier molecular flexibility index (Phi) is 3.78. The number of pyridine rings is 1. The maximum absolute atomic E-state index is 9.68. The molecule has 1 atom stereocenters. The summed E-state index contributed by atoms with van der Waals surface area (Å²) in [6.45, 7) is 4.20. The van der Waals surface area contributed by atoms with E-state index in [0.29, 0.717) is 0 Å². The molecule has 88 valence electrons. The van der Waals surface area contributed by atoms with Crippen LogP contribution < -0.4 is 4.90 Å². The van der Waals surface area contributed by atoms with E-state index in [1.165, 1.54) is 19.3 Å². The van der Waals surface area contributed by atoms with Gasteiger partial charge in [0.1, 0.15) is 5.82 Å². The largest absolute Gasteiger partial charge is 0.388 e. The molecule has 3 nitrogen and oxygen atoms in total. The first-order valence-corrected chi connectivity index (χ1v) is 6.20. The van der Waals surface area contributed by atoms with Gasteiger partial charge in [0.25, 0.3) is 0 Å². The van der Waals surface area contributed by atoms with Crippen LogP contribution in [-0.2, 0) is 0 Å². The highest BCUT2D eigenvalue weighted by Gasteiger charge is 2.12. The zero-order chi connectivity index (χ0) is 11.4. The fourth-order valence-electron chi connectivity index (χ4n) is 2.14. The first kappa shape index (κ1) is 11.4. The number of hydrogen-bond donors (Lipinski definition) is 1. The van der Waals surface area contributed by atoms with Crippen LogP contribution in [-0.4, -0.2) is 23.2 Å². The zero-order valence-corrected chi connectivity index (χ0v) is 9.89. The monoisotopic (exact) mass is 220 g/mol. The van der Waals surface area contributed by atoms with Crippen molar-refractivity contribution in [2.75, 3.05) is 18.0 Å². The van der Waals surface area contributed by atoms with E-state index in [0.717, 1.165) is 30.9 Å². The number of rotatable bonds is 3. The van der Waals surface area contributed by atoms with Gasteiger partial charge in [0, 0.05) is 19.3 Å². The van der Waals surface area contributed by atoms with E-state index in [1.54, 1.807) is 6.20 Å². The second-order valence-electron chi connectivity index (χ2n) is 4.42. The summed E-state index contributed by atoms with van der Waals surface area (Å²) in [7, 11) is 0. The highest BCUT2D eigenvalue weighted by atomic mass is 16.3. The van der Waals surface area contributed by atoms with Crippen LogP contribution in [0.2, 0.25) is 0 Å². The van der Waals surface area contributed by atoms with Crippen molar-refractivity contribution < 1.29 is 5.11 Å². The first-order chi connectivity index (χ1) is 7.81. The van der Waals surface area contributed by atoms with Gasteiger partial charge in [-0.05, 0) is 37.3 Å². The van der Waals surface area contributed by atoms with E-state index in [-0.39, 0.29) is 6.10 Å². The molecule has 0 unspecified atom stereocenters. The molecule has 3 heteroatoms. The van der Waals surface area contributed by atoms with Crippen molar-refractivity contribution in [2.24, 2.45) is 0 Å². The predicted molar refractivity (Wildman–Crippen MR) is 65.6 cm³/mol. The molecule has 2 rings (SSSR count). The number of piperidine rings is 1. The van der Waals surface area contributed by atoms with Crippen LogP contribution in [0.5, 0.6) is 0 Å². The predicted octanol–water partition coefficient (Wildman–Crippen LogP) is 2.52. The molecule has 0 saturated carbocycles. The SMILES string of the molecule is CC[C@@H](O)c1ccc(N2CCCCC2)nc1. The van der Waals surface area contributed by atoms with Crippen molar-refractivity contribution in [3.8, 4) is 0 Å². The van der Waals surface area contributed by atoms with Crippen molar-refractivity contribution in [3.05, 3.63) is 23.9 Å². The molecule has 1 fully saturated rings. The lowest BCUT2D eigenvalue weighted by Gasteiger charge is -2.27. The highest BCUT2D eigenvalue weighted by Crippen LogP contribution is 2.20. The van der Waals surface area contributed by atoms with Crippen molar-refractivity contribution in [1.29, 1.82) is 0 Å². The molecule has 1 saturated heterocycles. The van der Waals surface area contributed by atoms with Crippen LogP contribution in [0.4, 0.5) is 5.82 Å². The molecule has 1 aromatic rings. The lowest BCUT2D eigenvalue weighted by molar-refractivity contribution is 0.173. The molecule has 16 heavy (non-hydrogen) atoms. The first-order valence-electron chi connectivity index (χ1n) is 6.20. The number of aliphatic hydroxyl groups excluding tert-OH is 1. The number of anilines is 1. The minimum Gasteiger partial charge on any atom is -0.388 e. The minimum absolute atomic E-state index is 0.372. The molecule has 0 amide bonds. The Bertz CT molecular complexity index is 317. The van der Waals surface area contributed by atoms with E-state index in [4.69, 9.17) is 0 Å². The Labute approximate surface area is 97.1 Å². The maximum Gasteiger partial charge on any atom is 0.128 e. The van der Waals surface area contributed by atoms with Gasteiger partial charge in [-0.25, -0.2) is 4.98 Å².